The van der Waals surface area contributed by atoms with Crippen molar-refractivity contribution < 1.29 is 28.9 Å². The highest BCUT2D eigenvalue weighted by Gasteiger charge is 2.50. The van der Waals surface area contributed by atoms with Crippen molar-refractivity contribution >= 4 is 12.1 Å². The molecule has 35 heavy (non-hydrogen) atoms. The molecule has 1 saturated heterocycles. The second-order valence-electron chi connectivity index (χ2n) is 9.06. The Bertz CT molecular complexity index is 988. The van der Waals surface area contributed by atoms with Crippen LogP contribution in [-0.2, 0) is 25.6 Å². The Kier molecular flexibility index (Phi) is 7.77. The molecule has 1 aliphatic carbocycles. The van der Waals surface area contributed by atoms with Crippen LogP contribution in [-0.4, -0.2) is 59.1 Å². The van der Waals surface area contributed by atoms with E-state index in [-0.39, 0.29) is 36.7 Å². The summed E-state index contributed by atoms with van der Waals surface area (Å²) in [6.45, 7) is 6.35. The van der Waals surface area contributed by atoms with E-state index in [1.807, 2.05) is 30.3 Å². The van der Waals surface area contributed by atoms with Gasteiger partial charge < -0.3 is 19.3 Å². The van der Waals surface area contributed by atoms with Crippen LogP contribution in [0.2, 0.25) is 0 Å². The third-order valence-corrected chi connectivity index (χ3v) is 6.64. The maximum Gasteiger partial charge on any atom is 0.411 e. The van der Waals surface area contributed by atoms with Crippen molar-refractivity contribution in [2.75, 3.05) is 19.8 Å². The summed E-state index contributed by atoms with van der Waals surface area (Å²) in [5.74, 6) is -0.553. The summed E-state index contributed by atoms with van der Waals surface area (Å²) in [5, 5.41) is 12.1. The number of aliphatic hydroxyl groups excluding tert-OH is 1. The fourth-order valence-electron chi connectivity index (χ4n) is 4.76. The number of hydrogen-bond donors (Lipinski definition) is 2. The lowest BCUT2D eigenvalue weighted by molar-refractivity contribution is -0.141. The zero-order valence-electron chi connectivity index (χ0n) is 20.0. The van der Waals surface area contributed by atoms with Gasteiger partial charge in [0.2, 0.25) is 0 Å². The van der Waals surface area contributed by atoms with E-state index in [9.17, 15) is 14.7 Å². The Morgan fingerprint density at radius 2 is 2.03 bits per heavy atom. The number of likely N-dealkylation sites (tertiary alicyclic amines) is 1. The Labute approximate surface area is 205 Å². The number of nitrogens with one attached hydrogen (secondary N) is 1. The van der Waals surface area contributed by atoms with E-state index in [4.69, 9.17) is 14.2 Å². The highest BCUT2D eigenvalue weighted by atomic mass is 16.6. The predicted molar refractivity (Wildman–Crippen MR) is 128 cm³/mol. The Balaban J connectivity index is 1.58. The van der Waals surface area contributed by atoms with Crippen LogP contribution >= 0.6 is 0 Å². The first-order valence-electron chi connectivity index (χ1n) is 12.0. The molecule has 0 radical (unpaired) electrons. The zero-order valence-corrected chi connectivity index (χ0v) is 20.0. The van der Waals surface area contributed by atoms with E-state index in [2.05, 4.69) is 12.0 Å². The van der Waals surface area contributed by atoms with Crippen molar-refractivity contribution in [3.63, 3.8) is 0 Å². The van der Waals surface area contributed by atoms with E-state index in [0.717, 1.165) is 31.2 Å². The molecular formula is C26H33N3O6. The van der Waals surface area contributed by atoms with E-state index in [0.29, 0.717) is 6.54 Å². The van der Waals surface area contributed by atoms with Crippen molar-refractivity contribution in [1.29, 1.82) is 0 Å². The minimum absolute atomic E-state index is 0.0460. The second kappa shape index (κ2) is 11.0. The third kappa shape index (κ3) is 5.52. The van der Waals surface area contributed by atoms with Gasteiger partial charge in [-0.3, -0.25) is 9.91 Å². The minimum Gasteiger partial charge on any atom is -0.488 e. The molecule has 1 aromatic carbocycles. The van der Waals surface area contributed by atoms with Crippen LogP contribution in [0.25, 0.3) is 0 Å². The minimum atomic E-state index is -1.12. The number of carbonyl (C=O) groups is 2. The predicted octanol–water partition coefficient (Wildman–Crippen LogP) is 3.20. The van der Waals surface area contributed by atoms with Crippen LogP contribution in [0.4, 0.5) is 4.79 Å². The van der Waals surface area contributed by atoms with E-state index in [1.165, 1.54) is 17.2 Å². The van der Waals surface area contributed by atoms with E-state index < -0.39 is 24.3 Å². The van der Waals surface area contributed by atoms with Crippen molar-refractivity contribution in [2.24, 2.45) is 5.41 Å². The van der Waals surface area contributed by atoms with Crippen LogP contribution in [0.1, 0.15) is 38.2 Å². The summed E-state index contributed by atoms with van der Waals surface area (Å²) in [4.78, 5) is 27.4. The van der Waals surface area contributed by atoms with Crippen LogP contribution < -0.4 is 5.43 Å². The van der Waals surface area contributed by atoms with E-state index in [1.54, 1.807) is 18.0 Å². The smallest absolute Gasteiger partial charge is 0.411 e. The highest BCUT2D eigenvalue weighted by molar-refractivity contribution is 5.89. The average Bonchev–Trinajstić information content (AvgIpc) is 3.24. The molecular weight excluding hydrogens is 450 g/mol. The zero-order chi connectivity index (χ0) is 24.8. The fraction of sp³-hybridized carbons (Fsp3) is 0.462. The van der Waals surface area contributed by atoms with Crippen LogP contribution in [0.15, 0.2) is 66.7 Å². The van der Waals surface area contributed by atoms with Gasteiger partial charge in [-0.05, 0) is 43.2 Å². The lowest BCUT2D eigenvalue weighted by atomic mass is 9.68. The molecule has 2 aliphatic heterocycles. The molecule has 1 spiro atoms. The molecule has 2 unspecified atom stereocenters. The van der Waals surface area contributed by atoms with Gasteiger partial charge in [-0.25, -0.2) is 15.0 Å². The van der Waals surface area contributed by atoms with Crippen molar-refractivity contribution in [1.82, 2.24) is 15.3 Å². The first kappa shape index (κ1) is 24.8. The summed E-state index contributed by atoms with van der Waals surface area (Å²) < 4.78 is 16.5. The highest BCUT2D eigenvalue weighted by Crippen LogP contribution is 2.50. The average molecular weight is 484 g/mol. The van der Waals surface area contributed by atoms with Gasteiger partial charge in [0.15, 0.2) is 11.5 Å². The summed E-state index contributed by atoms with van der Waals surface area (Å²) in [6.07, 6.45) is 6.57. The number of hydrogen-bond acceptors (Lipinski definition) is 8. The van der Waals surface area contributed by atoms with Crippen molar-refractivity contribution in [2.45, 2.75) is 51.5 Å². The largest absolute Gasteiger partial charge is 0.488 e. The molecule has 1 aromatic rings. The van der Waals surface area contributed by atoms with Crippen molar-refractivity contribution in [3.8, 4) is 0 Å². The van der Waals surface area contributed by atoms with Gasteiger partial charge in [-0.2, -0.15) is 0 Å². The number of hydrazine groups is 1. The van der Waals surface area contributed by atoms with Gasteiger partial charge >= 0.3 is 12.1 Å². The number of carbonyl (C=O) groups excluding carboxylic acids is 2. The summed E-state index contributed by atoms with van der Waals surface area (Å²) in [7, 11) is 0. The monoisotopic (exact) mass is 483 g/mol. The van der Waals surface area contributed by atoms with Crippen molar-refractivity contribution in [3.05, 3.63) is 72.3 Å². The maximum absolute atomic E-state index is 13.0. The third-order valence-electron chi connectivity index (χ3n) is 6.64. The SMILES string of the molecule is C=CCOC(=O)N1CC2(CCC2)CC1NN1C=CC(O)C(OCc2ccccc2)=C1C(=O)OCC. The van der Waals surface area contributed by atoms with Gasteiger partial charge in [0.25, 0.3) is 0 Å². The standard InChI is InChI=1S/C26H33N3O6/c1-3-15-34-25(32)28-18-26(12-8-13-26)16-21(28)27-29-14-11-20(30)23(22(29)24(31)33-4-2)35-17-19-9-6-5-7-10-19/h3,5-7,9-11,14,20-21,27,30H,1,4,8,12-13,15-18H2,2H3. The van der Waals surface area contributed by atoms with Crippen LogP contribution in [0.3, 0.4) is 0 Å². The number of nitrogens with zero attached hydrogens (tertiary/aromatic N) is 2. The second-order valence-corrected chi connectivity index (χ2v) is 9.06. The topological polar surface area (TPSA) is 101 Å². The molecule has 2 atom stereocenters. The molecule has 0 aromatic heterocycles. The molecule has 2 heterocycles. The molecule has 9 heteroatoms. The molecule has 1 saturated carbocycles. The quantitative estimate of drug-likeness (QED) is 0.408. The molecule has 1 amide bonds. The first-order valence-corrected chi connectivity index (χ1v) is 12.0. The van der Waals surface area contributed by atoms with Gasteiger partial charge in [0.1, 0.15) is 25.5 Å². The number of amides is 1. The van der Waals surface area contributed by atoms with Gasteiger partial charge in [0, 0.05) is 12.7 Å². The summed E-state index contributed by atoms with van der Waals surface area (Å²) >= 11 is 0. The van der Waals surface area contributed by atoms with Gasteiger partial charge in [-0.1, -0.05) is 49.4 Å². The molecule has 3 aliphatic rings. The number of rotatable bonds is 9. The molecule has 0 bridgehead atoms. The summed E-state index contributed by atoms with van der Waals surface area (Å²) in [6, 6.07) is 9.48. The number of aliphatic hydroxyl groups is 1. The van der Waals surface area contributed by atoms with E-state index >= 15 is 0 Å². The molecule has 188 valence electrons. The number of esters is 1. The van der Waals surface area contributed by atoms with Crippen LogP contribution in [0, 0.1) is 5.41 Å². The number of benzene rings is 1. The Morgan fingerprint density at radius 1 is 1.26 bits per heavy atom. The normalized spacial score (nSPS) is 22.7. The maximum atomic E-state index is 13.0. The molecule has 2 N–H and O–H groups in total. The summed E-state index contributed by atoms with van der Waals surface area (Å²) in [5.41, 5.74) is 4.27. The van der Waals surface area contributed by atoms with Crippen LogP contribution in [0.5, 0.6) is 0 Å². The molecule has 4 rings (SSSR count). The lowest BCUT2D eigenvalue weighted by Crippen LogP contribution is -2.52. The Morgan fingerprint density at radius 3 is 2.69 bits per heavy atom. The van der Waals surface area contributed by atoms with Gasteiger partial charge in [-0.15, -0.1) is 0 Å². The number of ether oxygens (including phenoxy) is 3. The molecule has 9 nitrogen and oxygen atoms in total. The lowest BCUT2D eigenvalue weighted by Gasteiger charge is -2.37. The van der Waals surface area contributed by atoms with Gasteiger partial charge in [0.05, 0.1) is 6.61 Å². The molecule has 2 fully saturated rings. The Hall–Kier alpha value is -3.30. The first-order chi connectivity index (χ1) is 17.0. The fourth-order valence-corrected chi connectivity index (χ4v) is 4.76.